The van der Waals surface area contributed by atoms with Gasteiger partial charge in [-0.2, -0.15) is 0 Å². The van der Waals surface area contributed by atoms with Gasteiger partial charge in [0.1, 0.15) is 0 Å². The molecule has 0 aliphatic carbocycles. The number of sulfonamides is 1. The molecular formula is C23H20ClN3O4S. The number of anilines is 3. The Hall–Kier alpha value is -3.36. The van der Waals surface area contributed by atoms with Crippen molar-refractivity contribution >= 4 is 50.5 Å². The van der Waals surface area contributed by atoms with Crippen molar-refractivity contribution in [3.63, 3.8) is 0 Å². The molecule has 2 amide bonds. The lowest BCUT2D eigenvalue weighted by Gasteiger charge is -2.16. The predicted octanol–water partition coefficient (Wildman–Crippen LogP) is 4.30. The van der Waals surface area contributed by atoms with E-state index in [-0.39, 0.29) is 22.1 Å². The number of fused-ring (bicyclic) bond motifs is 1. The number of benzene rings is 3. The Balaban J connectivity index is 1.59. The maximum absolute atomic E-state index is 13.0. The van der Waals surface area contributed by atoms with Crippen LogP contribution >= 0.6 is 11.6 Å². The standard InChI is InChI=1S/C23H20ClN3O4S/c1-15(28)27-13-12-16-14-19(10-11-22(16)27)32(30,31)26-21-5-3-2-4-20(21)23(29)25-18-8-6-17(24)7-9-18/h2-11,14,26H,12-13H2,1H3,(H,25,29). The van der Waals surface area contributed by atoms with Crippen LogP contribution in [0.3, 0.4) is 0 Å². The first-order chi connectivity index (χ1) is 15.2. The summed E-state index contributed by atoms with van der Waals surface area (Å²) >= 11 is 5.87. The molecule has 0 saturated carbocycles. The molecule has 9 heteroatoms. The molecule has 7 nitrogen and oxygen atoms in total. The summed E-state index contributed by atoms with van der Waals surface area (Å²) in [5, 5.41) is 3.27. The maximum Gasteiger partial charge on any atom is 0.261 e. The summed E-state index contributed by atoms with van der Waals surface area (Å²) in [5.74, 6) is -0.546. The Morgan fingerprint density at radius 2 is 1.72 bits per heavy atom. The molecule has 1 heterocycles. The number of carbonyl (C=O) groups is 2. The lowest BCUT2D eigenvalue weighted by Crippen LogP contribution is -2.25. The number of hydrogen-bond acceptors (Lipinski definition) is 4. The fourth-order valence-corrected chi connectivity index (χ4v) is 4.83. The average Bonchev–Trinajstić information content (AvgIpc) is 3.19. The van der Waals surface area contributed by atoms with Crippen LogP contribution in [0, 0.1) is 0 Å². The first kappa shape index (κ1) is 21.9. The highest BCUT2D eigenvalue weighted by Gasteiger charge is 2.25. The van der Waals surface area contributed by atoms with Crippen LogP contribution < -0.4 is 14.9 Å². The van der Waals surface area contributed by atoms with E-state index in [2.05, 4.69) is 10.0 Å². The molecule has 0 radical (unpaired) electrons. The summed E-state index contributed by atoms with van der Waals surface area (Å²) in [6, 6.07) is 17.6. The first-order valence-electron chi connectivity index (χ1n) is 9.84. The molecule has 0 unspecified atom stereocenters. The Morgan fingerprint density at radius 3 is 2.44 bits per heavy atom. The summed E-state index contributed by atoms with van der Waals surface area (Å²) in [4.78, 5) is 26.2. The van der Waals surface area contributed by atoms with Gasteiger partial charge in [0.05, 0.1) is 16.1 Å². The van der Waals surface area contributed by atoms with Crippen LogP contribution in [0.5, 0.6) is 0 Å². The number of carbonyl (C=O) groups excluding carboxylic acids is 2. The molecule has 1 aliphatic rings. The van der Waals surface area contributed by atoms with Crippen molar-refractivity contribution in [3.8, 4) is 0 Å². The van der Waals surface area contributed by atoms with Gasteiger partial charge < -0.3 is 10.2 Å². The van der Waals surface area contributed by atoms with Crippen LogP contribution in [0.2, 0.25) is 5.02 Å². The van der Waals surface area contributed by atoms with Crippen molar-refractivity contribution in [1.29, 1.82) is 0 Å². The Morgan fingerprint density at radius 1 is 1.00 bits per heavy atom. The SMILES string of the molecule is CC(=O)N1CCc2cc(S(=O)(=O)Nc3ccccc3C(=O)Nc3ccc(Cl)cc3)ccc21. The monoisotopic (exact) mass is 469 g/mol. The second-order valence-electron chi connectivity index (χ2n) is 7.32. The highest BCUT2D eigenvalue weighted by molar-refractivity contribution is 7.92. The minimum absolute atomic E-state index is 0.0644. The van der Waals surface area contributed by atoms with Crippen LogP contribution in [0.25, 0.3) is 0 Å². The van der Waals surface area contributed by atoms with Gasteiger partial charge in [-0.1, -0.05) is 23.7 Å². The van der Waals surface area contributed by atoms with Gasteiger partial charge in [-0.25, -0.2) is 8.42 Å². The first-order valence-corrected chi connectivity index (χ1v) is 11.7. The van der Waals surface area contributed by atoms with Gasteiger partial charge in [0.15, 0.2) is 0 Å². The molecule has 0 bridgehead atoms. The fraction of sp³-hybridized carbons (Fsp3) is 0.130. The molecule has 4 rings (SSSR count). The summed E-state index contributed by atoms with van der Waals surface area (Å²) in [5.41, 5.74) is 2.38. The molecule has 0 atom stereocenters. The van der Waals surface area contributed by atoms with Gasteiger partial charge in [0.25, 0.3) is 15.9 Å². The Bertz CT molecular complexity index is 1310. The number of halogens is 1. The number of nitrogens with one attached hydrogen (secondary N) is 2. The fourth-order valence-electron chi connectivity index (χ4n) is 3.58. The molecule has 0 aromatic heterocycles. The number of rotatable bonds is 5. The van der Waals surface area contributed by atoms with Crippen molar-refractivity contribution in [3.05, 3.63) is 82.9 Å². The second kappa shape index (κ2) is 8.64. The van der Waals surface area contributed by atoms with Crippen LogP contribution in [0.15, 0.2) is 71.6 Å². The van der Waals surface area contributed by atoms with E-state index in [1.165, 1.54) is 25.1 Å². The minimum atomic E-state index is -3.96. The highest BCUT2D eigenvalue weighted by Crippen LogP contribution is 2.31. The topological polar surface area (TPSA) is 95.6 Å². The number of nitrogens with zero attached hydrogens (tertiary/aromatic N) is 1. The van der Waals surface area contributed by atoms with E-state index in [0.717, 1.165) is 11.3 Å². The van der Waals surface area contributed by atoms with E-state index in [1.54, 1.807) is 53.4 Å². The summed E-state index contributed by atoms with van der Waals surface area (Å²) in [7, 11) is -3.96. The van der Waals surface area contributed by atoms with Crippen LogP contribution in [-0.2, 0) is 21.2 Å². The van der Waals surface area contributed by atoms with Crippen LogP contribution in [0.1, 0.15) is 22.8 Å². The van der Waals surface area contributed by atoms with Gasteiger partial charge in [-0.3, -0.25) is 14.3 Å². The normalized spacial score (nSPS) is 12.9. The van der Waals surface area contributed by atoms with E-state index in [1.807, 2.05) is 0 Å². The zero-order chi connectivity index (χ0) is 22.9. The van der Waals surface area contributed by atoms with E-state index >= 15 is 0 Å². The van der Waals surface area contributed by atoms with Crippen molar-refractivity contribution in [1.82, 2.24) is 0 Å². The zero-order valence-electron chi connectivity index (χ0n) is 17.1. The lowest BCUT2D eigenvalue weighted by atomic mass is 10.1. The van der Waals surface area contributed by atoms with Crippen LogP contribution in [-0.4, -0.2) is 26.8 Å². The minimum Gasteiger partial charge on any atom is -0.322 e. The summed E-state index contributed by atoms with van der Waals surface area (Å²) in [6.45, 7) is 2.00. The van der Waals surface area contributed by atoms with E-state index in [4.69, 9.17) is 11.6 Å². The molecule has 164 valence electrons. The molecule has 0 saturated heterocycles. The van der Waals surface area contributed by atoms with Gasteiger partial charge in [-0.15, -0.1) is 0 Å². The van der Waals surface area contributed by atoms with Gasteiger partial charge in [0.2, 0.25) is 5.91 Å². The number of hydrogen-bond donors (Lipinski definition) is 2. The third kappa shape index (κ3) is 4.46. The van der Waals surface area contributed by atoms with Gasteiger partial charge >= 0.3 is 0 Å². The van der Waals surface area contributed by atoms with Gasteiger partial charge in [0, 0.05) is 29.9 Å². The van der Waals surface area contributed by atoms with Crippen molar-refractivity contribution in [2.45, 2.75) is 18.2 Å². The Kier molecular flexibility index (Phi) is 5.90. The van der Waals surface area contributed by atoms with Crippen molar-refractivity contribution < 1.29 is 18.0 Å². The summed E-state index contributed by atoms with van der Waals surface area (Å²) < 4.78 is 28.6. The molecule has 0 spiro atoms. The number of para-hydroxylation sites is 1. The second-order valence-corrected chi connectivity index (χ2v) is 9.44. The van der Waals surface area contributed by atoms with Crippen molar-refractivity contribution in [2.24, 2.45) is 0 Å². The summed E-state index contributed by atoms with van der Waals surface area (Å²) in [6.07, 6.45) is 0.582. The molecular weight excluding hydrogens is 450 g/mol. The van der Waals surface area contributed by atoms with Gasteiger partial charge in [-0.05, 0) is 66.6 Å². The lowest BCUT2D eigenvalue weighted by molar-refractivity contribution is -0.116. The highest BCUT2D eigenvalue weighted by atomic mass is 35.5. The van der Waals surface area contributed by atoms with E-state index < -0.39 is 15.9 Å². The third-order valence-corrected chi connectivity index (χ3v) is 6.77. The number of amides is 2. The molecule has 1 aliphatic heterocycles. The molecule has 0 fully saturated rings. The van der Waals surface area contributed by atoms with E-state index in [0.29, 0.717) is 23.7 Å². The zero-order valence-corrected chi connectivity index (χ0v) is 18.7. The molecule has 3 aromatic carbocycles. The molecule has 2 N–H and O–H groups in total. The largest absolute Gasteiger partial charge is 0.322 e. The predicted molar refractivity (Wildman–Crippen MR) is 125 cm³/mol. The average molecular weight is 470 g/mol. The smallest absolute Gasteiger partial charge is 0.261 e. The third-order valence-electron chi connectivity index (χ3n) is 5.16. The molecule has 32 heavy (non-hydrogen) atoms. The quantitative estimate of drug-likeness (QED) is 0.582. The van der Waals surface area contributed by atoms with Crippen LogP contribution in [0.4, 0.5) is 17.1 Å². The maximum atomic E-state index is 13.0. The Labute approximate surface area is 191 Å². The van der Waals surface area contributed by atoms with Crippen molar-refractivity contribution in [2.75, 3.05) is 21.5 Å². The van der Waals surface area contributed by atoms with E-state index in [9.17, 15) is 18.0 Å². The molecule has 3 aromatic rings.